The van der Waals surface area contributed by atoms with Crippen molar-refractivity contribution < 1.29 is 9.53 Å². The van der Waals surface area contributed by atoms with Crippen molar-refractivity contribution in [2.24, 2.45) is 5.92 Å². The number of carbonyl (C=O) groups excluding carboxylic acids is 1. The molecule has 1 saturated heterocycles. The molecule has 0 aromatic heterocycles. The van der Waals surface area contributed by atoms with Crippen LogP contribution in [0.2, 0.25) is 0 Å². The van der Waals surface area contributed by atoms with Crippen molar-refractivity contribution in [1.29, 1.82) is 0 Å². The SMILES string of the molecule is C.COc1ccc(C2CNCC2C(=O)Nc2cccc(-c3ccccc3)c2)cc1. The third-order valence-corrected chi connectivity index (χ3v) is 5.33. The summed E-state index contributed by atoms with van der Waals surface area (Å²) in [5.74, 6) is 0.932. The molecule has 2 atom stereocenters. The second-order valence-corrected chi connectivity index (χ2v) is 7.08. The van der Waals surface area contributed by atoms with E-state index in [1.807, 2.05) is 60.7 Å². The van der Waals surface area contributed by atoms with Crippen molar-refractivity contribution in [2.75, 3.05) is 25.5 Å². The second-order valence-electron chi connectivity index (χ2n) is 7.08. The highest BCUT2D eigenvalue weighted by Crippen LogP contribution is 2.31. The number of amides is 1. The standard InChI is InChI=1S/C24H24N2O2.CH4/c1-28-21-12-10-18(11-13-21)22-15-25-16-23(22)24(27)26-20-9-5-8-19(14-20)17-6-3-2-4-7-17;/h2-14,22-23,25H,15-16H2,1H3,(H,26,27);1H4. The maximum Gasteiger partial charge on any atom is 0.229 e. The zero-order valence-corrected chi connectivity index (χ0v) is 15.9. The third kappa shape index (κ3) is 4.66. The molecule has 2 N–H and O–H groups in total. The van der Waals surface area contributed by atoms with Crippen LogP contribution in [0.15, 0.2) is 78.9 Å². The lowest BCUT2D eigenvalue weighted by molar-refractivity contribution is -0.119. The van der Waals surface area contributed by atoms with Gasteiger partial charge in [0.05, 0.1) is 13.0 Å². The number of carbonyl (C=O) groups is 1. The third-order valence-electron chi connectivity index (χ3n) is 5.33. The number of benzene rings is 3. The molecule has 1 amide bonds. The minimum Gasteiger partial charge on any atom is -0.497 e. The Morgan fingerprint density at radius 2 is 1.66 bits per heavy atom. The fourth-order valence-electron chi connectivity index (χ4n) is 3.80. The predicted octanol–water partition coefficient (Wildman–Crippen LogP) is 4.94. The second kappa shape index (κ2) is 9.39. The number of hydrogen-bond acceptors (Lipinski definition) is 3. The van der Waals surface area contributed by atoms with Crippen molar-refractivity contribution in [3.8, 4) is 16.9 Å². The molecule has 1 heterocycles. The van der Waals surface area contributed by atoms with Gasteiger partial charge >= 0.3 is 0 Å². The normalized spacial score (nSPS) is 18.0. The van der Waals surface area contributed by atoms with E-state index in [9.17, 15) is 4.79 Å². The fourth-order valence-corrected chi connectivity index (χ4v) is 3.80. The first-order valence-electron chi connectivity index (χ1n) is 9.55. The number of hydrogen-bond donors (Lipinski definition) is 2. The van der Waals surface area contributed by atoms with E-state index in [0.29, 0.717) is 6.54 Å². The topological polar surface area (TPSA) is 50.4 Å². The van der Waals surface area contributed by atoms with Crippen LogP contribution in [-0.4, -0.2) is 26.1 Å². The lowest BCUT2D eigenvalue weighted by atomic mass is 9.88. The van der Waals surface area contributed by atoms with Gasteiger partial charge in [0.15, 0.2) is 0 Å². The monoisotopic (exact) mass is 388 g/mol. The molecule has 0 radical (unpaired) electrons. The van der Waals surface area contributed by atoms with Crippen LogP contribution >= 0.6 is 0 Å². The summed E-state index contributed by atoms with van der Waals surface area (Å²) in [4.78, 5) is 13.0. The van der Waals surface area contributed by atoms with Gasteiger partial charge in [-0.3, -0.25) is 4.79 Å². The van der Waals surface area contributed by atoms with Crippen LogP contribution in [-0.2, 0) is 4.79 Å². The molecular formula is C25H28N2O2. The molecule has 0 aliphatic carbocycles. The van der Waals surface area contributed by atoms with Crippen molar-refractivity contribution in [2.45, 2.75) is 13.3 Å². The number of rotatable bonds is 5. The van der Waals surface area contributed by atoms with Gasteiger partial charge in [-0.25, -0.2) is 0 Å². The number of anilines is 1. The Bertz CT molecular complexity index is 939. The van der Waals surface area contributed by atoms with E-state index >= 15 is 0 Å². The molecule has 4 rings (SSSR count). The van der Waals surface area contributed by atoms with Crippen LogP contribution in [0.3, 0.4) is 0 Å². The largest absolute Gasteiger partial charge is 0.497 e. The van der Waals surface area contributed by atoms with E-state index < -0.39 is 0 Å². The Labute approximate surface area is 172 Å². The van der Waals surface area contributed by atoms with Gasteiger partial charge in [0.2, 0.25) is 5.91 Å². The van der Waals surface area contributed by atoms with Gasteiger partial charge in [-0.2, -0.15) is 0 Å². The van der Waals surface area contributed by atoms with Crippen LogP contribution in [0.5, 0.6) is 5.75 Å². The number of ether oxygens (including phenoxy) is 1. The maximum absolute atomic E-state index is 13.0. The number of nitrogens with one attached hydrogen (secondary N) is 2. The van der Waals surface area contributed by atoms with Gasteiger partial charge in [-0.15, -0.1) is 0 Å². The smallest absolute Gasteiger partial charge is 0.229 e. The van der Waals surface area contributed by atoms with E-state index in [2.05, 4.69) is 28.8 Å². The van der Waals surface area contributed by atoms with Gasteiger partial charge in [0.25, 0.3) is 0 Å². The lowest BCUT2D eigenvalue weighted by Crippen LogP contribution is -2.28. The average Bonchev–Trinajstić information content (AvgIpc) is 3.25. The maximum atomic E-state index is 13.0. The molecule has 2 unspecified atom stereocenters. The highest BCUT2D eigenvalue weighted by atomic mass is 16.5. The zero-order valence-electron chi connectivity index (χ0n) is 15.9. The summed E-state index contributed by atoms with van der Waals surface area (Å²) in [6, 6.07) is 26.2. The summed E-state index contributed by atoms with van der Waals surface area (Å²) in [5, 5.41) is 6.47. The predicted molar refractivity (Wildman–Crippen MR) is 119 cm³/mol. The molecule has 3 aromatic carbocycles. The number of methoxy groups -OCH3 is 1. The van der Waals surface area contributed by atoms with Crippen LogP contribution < -0.4 is 15.4 Å². The van der Waals surface area contributed by atoms with Crippen LogP contribution in [0.25, 0.3) is 11.1 Å². The molecule has 1 aliphatic rings. The van der Waals surface area contributed by atoms with Crippen LogP contribution in [0, 0.1) is 5.92 Å². The summed E-state index contributed by atoms with van der Waals surface area (Å²) >= 11 is 0. The molecule has 0 saturated carbocycles. The minimum atomic E-state index is -0.103. The van der Waals surface area contributed by atoms with Crippen molar-refractivity contribution >= 4 is 11.6 Å². The van der Waals surface area contributed by atoms with Crippen molar-refractivity contribution in [1.82, 2.24) is 5.32 Å². The minimum absolute atomic E-state index is 0. The first kappa shape index (κ1) is 20.6. The van der Waals surface area contributed by atoms with Gasteiger partial charge in [-0.05, 0) is 41.0 Å². The van der Waals surface area contributed by atoms with Gasteiger partial charge in [0.1, 0.15) is 5.75 Å². The summed E-state index contributed by atoms with van der Waals surface area (Å²) in [6.07, 6.45) is 0. The molecule has 150 valence electrons. The zero-order chi connectivity index (χ0) is 19.3. The molecule has 1 aliphatic heterocycles. The van der Waals surface area contributed by atoms with Crippen LogP contribution in [0.4, 0.5) is 5.69 Å². The summed E-state index contributed by atoms with van der Waals surface area (Å²) in [7, 11) is 1.66. The molecule has 3 aromatic rings. The van der Waals surface area contributed by atoms with Crippen LogP contribution in [0.1, 0.15) is 18.9 Å². The summed E-state index contributed by atoms with van der Waals surface area (Å²) in [6.45, 7) is 1.48. The Hall–Kier alpha value is -3.11. The van der Waals surface area contributed by atoms with Gasteiger partial charge in [0, 0.05) is 24.7 Å². The highest BCUT2D eigenvalue weighted by molar-refractivity contribution is 5.94. The fraction of sp³-hybridized carbons (Fsp3) is 0.240. The highest BCUT2D eigenvalue weighted by Gasteiger charge is 2.34. The summed E-state index contributed by atoms with van der Waals surface area (Å²) in [5.41, 5.74) is 4.21. The van der Waals surface area contributed by atoms with E-state index in [1.165, 1.54) is 0 Å². The Kier molecular flexibility index (Phi) is 6.68. The van der Waals surface area contributed by atoms with E-state index in [4.69, 9.17) is 4.74 Å². The van der Waals surface area contributed by atoms with Gasteiger partial charge in [-0.1, -0.05) is 62.0 Å². The van der Waals surface area contributed by atoms with Crippen molar-refractivity contribution in [3.63, 3.8) is 0 Å². The first-order valence-corrected chi connectivity index (χ1v) is 9.55. The van der Waals surface area contributed by atoms with Gasteiger partial charge < -0.3 is 15.4 Å². The van der Waals surface area contributed by atoms with Crippen molar-refractivity contribution in [3.05, 3.63) is 84.4 Å². The average molecular weight is 389 g/mol. The van der Waals surface area contributed by atoms with E-state index in [1.54, 1.807) is 7.11 Å². The Morgan fingerprint density at radius 1 is 0.931 bits per heavy atom. The molecule has 0 spiro atoms. The molecule has 4 nitrogen and oxygen atoms in total. The Morgan fingerprint density at radius 3 is 2.38 bits per heavy atom. The quantitative estimate of drug-likeness (QED) is 0.651. The van der Waals surface area contributed by atoms with E-state index in [-0.39, 0.29) is 25.2 Å². The van der Waals surface area contributed by atoms with E-state index in [0.717, 1.165) is 34.7 Å². The molecular weight excluding hydrogens is 360 g/mol. The summed E-state index contributed by atoms with van der Waals surface area (Å²) < 4.78 is 5.24. The molecule has 4 heteroatoms. The lowest BCUT2D eigenvalue weighted by Gasteiger charge is -2.19. The first-order chi connectivity index (χ1) is 13.7. The Balaban J connectivity index is 0.00000240. The molecule has 1 fully saturated rings. The molecule has 29 heavy (non-hydrogen) atoms. The molecule has 0 bridgehead atoms.